The van der Waals surface area contributed by atoms with Gasteiger partial charge in [0.05, 0.1) is 4.92 Å². The molecule has 4 nitrogen and oxygen atoms in total. The van der Waals surface area contributed by atoms with E-state index in [1.165, 1.54) is 18.2 Å². The van der Waals surface area contributed by atoms with Crippen LogP contribution in [0.25, 0.3) is 0 Å². The molecular formula is C10H11ClN2O2. The van der Waals surface area contributed by atoms with Gasteiger partial charge in [0.1, 0.15) is 0 Å². The van der Waals surface area contributed by atoms with Gasteiger partial charge in [-0.3, -0.25) is 10.1 Å². The summed E-state index contributed by atoms with van der Waals surface area (Å²) in [6, 6.07) is 3.92. The Morgan fingerprint density at radius 3 is 2.87 bits per heavy atom. The molecule has 0 spiro atoms. The molecule has 0 aliphatic rings. The topological polar surface area (TPSA) is 69.2 Å². The maximum Gasteiger partial charge on any atom is 0.274 e. The fourth-order valence-corrected chi connectivity index (χ4v) is 1.48. The van der Waals surface area contributed by atoms with Crippen molar-refractivity contribution in [2.75, 3.05) is 0 Å². The average molecular weight is 227 g/mol. The predicted molar refractivity (Wildman–Crippen MR) is 59.8 cm³/mol. The molecule has 0 fully saturated rings. The number of nitro benzene ring substituents is 1. The zero-order valence-electron chi connectivity index (χ0n) is 8.02. The fraction of sp³-hybridized carbons (Fsp3) is 0.200. The van der Waals surface area contributed by atoms with E-state index in [9.17, 15) is 10.1 Å². The zero-order chi connectivity index (χ0) is 11.4. The zero-order valence-corrected chi connectivity index (χ0v) is 8.78. The number of rotatable bonds is 4. The van der Waals surface area contributed by atoms with Crippen LogP contribution in [0.1, 0.15) is 18.0 Å². The van der Waals surface area contributed by atoms with Gasteiger partial charge < -0.3 is 5.73 Å². The Hall–Kier alpha value is -1.39. The van der Waals surface area contributed by atoms with E-state index in [1.807, 2.05) is 0 Å². The van der Waals surface area contributed by atoms with Crippen LogP contribution >= 0.6 is 11.6 Å². The number of nitrogens with zero attached hydrogens (tertiary/aromatic N) is 1. The van der Waals surface area contributed by atoms with Crippen molar-refractivity contribution >= 4 is 17.3 Å². The monoisotopic (exact) mass is 226 g/mol. The molecule has 1 atom stereocenters. The second-order valence-corrected chi connectivity index (χ2v) is 3.53. The molecule has 1 aromatic carbocycles. The first-order valence-electron chi connectivity index (χ1n) is 4.36. The molecule has 0 aliphatic carbocycles. The molecule has 80 valence electrons. The van der Waals surface area contributed by atoms with Crippen LogP contribution < -0.4 is 5.73 Å². The molecule has 1 aromatic rings. The SMILES string of the molecule is C=CC[C@@H](N)c1cc(Cl)ccc1[N+](=O)[O-]. The van der Waals surface area contributed by atoms with E-state index in [-0.39, 0.29) is 5.69 Å². The van der Waals surface area contributed by atoms with Crippen molar-refractivity contribution in [3.8, 4) is 0 Å². The van der Waals surface area contributed by atoms with Crippen LogP contribution in [0, 0.1) is 10.1 Å². The van der Waals surface area contributed by atoms with E-state index < -0.39 is 11.0 Å². The molecule has 0 aromatic heterocycles. The van der Waals surface area contributed by atoms with Crippen LogP contribution in [-0.4, -0.2) is 4.92 Å². The summed E-state index contributed by atoms with van der Waals surface area (Å²) in [5.41, 5.74) is 6.21. The molecule has 0 amide bonds. The Morgan fingerprint density at radius 2 is 2.33 bits per heavy atom. The third kappa shape index (κ3) is 2.78. The van der Waals surface area contributed by atoms with Crippen LogP contribution in [0.2, 0.25) is 5.02 Å². The minimum absolute atomic E-state index is 0.00579. The minimum atomic E-state index is -0.464. The summed E-state index contributed by atoms with van der Waals surface area (Å²) in [6.07, 6.45) is 2.09. The van der Waals surface area contributed by atoms with E-state index >= 15 is 0 Å². The first-order chi connectivity index (χ1) is 7.06. The molecular weight excluding hydrogens is 216 g/mol. The molecule has 1 rings (SSSR count). The highest BCUT2D eigenvalue weighted by atomic mass is 35.5. The van der Waals surface area contributed by atoms with Crippen molar-refractivity contribution in [1.82, 2.24) is 0 Å². The highest BCUT2D eigenvalue weighted by molar-refractivity contribution is 6.30. The second kappa shape index (κ2) is 4.91. The first kappa shape index (κ1) is 11.7. The van der Waals surface area contributed by atoms with E-state index in [4.69, 9.17) is 17.3 Å². The lowest BCUT2D eigenvalue weighted by Gasteiger charge is -2.10. The van der Waals surface area contributed by atoms with Crippen molar-refractivity contribution < 1.29 is 4.92 Å². The summed E-state index contributed by atoms with van der Waals surface area (Å²) in [6.45, 7) is 3.54. The maximum atomic E-state index is 10.7. The van der Waals surface area contributed by atoms with Gasteiger partial charge in [0.2, 0.25) is 0 Å². The summed E-state index contributed by atoms with van der Waals surface area (Å²) in [4.78, 5) is 10.3. The van der Waals surface area contributed by atoms with Crippen LogP contribution in [0.5, 0.6) is 0 Å². The normalized spacial score (nSPS) is 12.1. The van der Waals surface area contributed by atoms with Crippen molar-refractivity contribution in [2.24, 2.45) is 5.73 Å². The summed E-state index contributed by atoms with van der Waals surface area (Å²) in [5.74, 6) is 0. The summed E-state index contributed by atoms with van der Waals surface area (Å²) < 4.78 is 0. The Bertz CT molecular complexity index is 393. The van der Waals surface area contributed by atoms with Gasteiger partial charge in [-0.05, 0) is 18.6 Å². The number of hydrogen-bond donors (Lipinski definition) is 1. The van der Waals surface area contributed by atoms with Gasteiger partial charge >= 0.3 is 0 Å². The molecule has 0 bridgehead atoms. The molecule has 0 saturated heterocycles. The van der Waals surface area contributed by atoms with E-state index in [2.05, 4.69) is 6.58 Å². The van der Waals surface area contributed by atoms with Gasteiger partial charge in [-0.1, -0.05) is 17.7 Å². The summed E-state index contributed by atoms with van der Waals surface area (Å²) >= 11 is 5.76. The van der Waals surface area contributed by atoms with Crippen LogP contribution in [-0.2, 0) is 0 Å². The minimum Gasteiger partial charge on any atom is -0.323 e. The summed E-state index contributed by atoms with van der Waals surface area (Å²) in [5, 5.41) is 11.2. The lowest BCUT2D eigenvalue weighted by molar-refractivity contribution is -0.385. The second-order valence-electron chi connectivity index (χ2n) is 3.09. The van der Waals surface area contributed by atoms with Crippen molar-refractivity contribution in [1.29, 1.82) is 0 Å². The highest BCUT2D eigenvalue weighted by Gasteiger charge is 2.18. The molecule has 0 aliphatic heterocycles. The van der Waals surface area contributed by atoms with Gasteiger partial charge in [-0.25, -0.2) is 0 Å². The standard InChI is InChI=1S/C10H11ClN2O2/c1-2-3-9(12)8-6-7(11)4-5-10(8)13(14)15/h2,4-6,9H,1,3,12H2/t9-/m1/s1. The number of nitrogens with two attached hydrogens (primary N) is 1. The van der Waals surface area contributed by atoms with Crippen molar-refractivity contribution in [2.45, 2.75) is 12.5 Å². The lowest BCUT2D eigenvalue weighted by atomic mass is 10.0. The van der Waals surface area contributed by atoms with Gasteiger partial charge in [0.15, 0.2) is 0 Å². The fourth-order valence-electron chi connectivity index (χ4n) is 1.30. The Balaban J connectivity index is 3.17. The molecule has 0 radical (unpaired) electrons. The molecule has 0 unspecified atom stereocenters. The van der Waals surface area contributed by atoms with Gasteiger partial charge in [0.25, 0.3) is 5.69 Å². The quantitative estimate of drug-likeness (QED) is 0.488. The Labute approximate surface area is 92.5 Å². The largest absolute Gasteiger partial charge is 0.323 e. The van der Waals surface area contributed by atoms with E-state index in [1.54, 1.807) is 6.08 Å². The molecule has 15 heavy (non-hydrogen) atoms. The lowest BCUT2D eigenvalue weighted by Crippen LogP contribution is -2.11. The predicted octanol–water partition coefficient (Wildman–Crippen LogP) is 2.82. The number of halogens is 1. The van der Waals surface area contributed by atoms with Gasteiger partial charge in [-0.15, -0.1) is 6.58 Å². The smallest absolute Gasteiger partial charge is 0.274 e. The number of nitro groups is 1. The first-order valence-corrected chi connectivity index (χ1v) is 4.74. The Morgan fingerprint density at radius 1 is 1.67 bits per heavy atom. The summed E-state index contributed by atoms with van der Waals surface area (Å²) in [7, 11) is 0. The van der Waals surface area contributed by atoms with E-state index in [0.717, 1.165) is 0 Å². The number of hydrogen-bond acceptors (Lipinski definition) is 3. The van der Waals surface area contributed by atoms with Crippen molar-refractivity contribution in [3.05, 3.63) is 51.6 Å². The molecule has 2 N–H and O–H groups in total. The molecule has 5 heteroatoms. The average Bonchev–Trinajstić information content (AvgIpc) is 2.17. The highest BCUT2D eigenvalue weighted by Crippen LogP contribution is 2.28. The van der Waals surface area contributed by atoms with Crippen LogP contribution in [0.15, 0.2) is 30.9 Å². The number of benzene rings is 1. The molecule has 0 heterocycles. The van der Waals surface area contributed by atoms with E-state index in [0.29, 0.717) is 17.0 Å². The van der Waals surface area contributed by atoms with Crippen molar-refractivity contribution in [3.63, 3.8) is 0 Å². The third-order valence-electron chi connectivity index (χ3n) is 2.01. The third-order valence-corrected chi connectivity index (χ3v) is 2.24. The maximum absolute atomic E-state index is 10.7. The van der Waals surface area contributed by atoms with Gasteiger partial charge in [0, 0.05) is 22.7 Å². The Kier molecular flexibility index (Phi) is 3.82. The van der Waals surface area contributed by atoms with Crippen LogP contribution in [0.4, 0.5) is 5.69 Å². The van der Waals surface area contributed by atoms with Crippen LogP contribution in [0.3, 0.4) is 0 Å². The molecule has 0 saturated carbocycles. The van der Waals surface area contributed by atoms with Gasteiger partial charge in [-0.2, -0.15) is 0 Å².